The molecule has 0 bridgehead atoms. The molecule has 1 amide bonds. The van der Waals surface area contributed by atoms with Crippen LogP contribution in [0.3, 0.4) is 0 Å². The van der Waals surface area contributed by atoms with Gasteiger partial charge in [-0.1, -0.05) is 11.8 Å². The fraction of sp³-hybridized carbons (Fsp3) is 0.556. The van der Waals surface area contributed by atoms with Gasteiger partial charge in [0.05, 0.1) is 18.2 Å². The Labute approximate surface area is 98.2 Å². The molecule has 0 unspecified atom stereocenters. The normalized spacial score (nSPS) is 9.81. The van der Waals surface area contributed by atoms with Crippen LogP contribution < -0.4 is 0 Å². The lowest BCUT2D eigenvalue weighted by atomic mass is 10.4. The van der Waals surface area contributed by atoms with Crippen molar-refractivity contribution < 1.29 is 4.79 Å². The van der Waals surface area contributed by atoms with Gasteiger partial charge in [0.25, 0.3) is 0 Å². The second-order valence-electron chi connectivity index (χ2n) is 3.24. The molecule has 1 rings (SSSR count). The van der Waals surface area contributed by atoms with Crippen LogP contribution in [-0.2, 0) is 11.8 Å². The minimum Gasteiger partial charge on any atom is -0.344 e. The van der Waals surface area contributed by atoms with E-state index in [9.17, 15) is 4.79 Å². The monoisotopic (exact) mass is 239 g/mol. The van der Waals surface area contributed by atoms with Crippen molar-refractivity contribution in [3.8, 4) is 6.07 Å². The Balaban J connectivity index is 2.36. The van der Waals surface area contributed by atoms with Crippen LogP contribution in [0.4, 0.5) is 0 Å². The third-order valence-electron chi connectivity index (χ3n) is 1.98. The number of aryl methyl sites for hydroxylation is 1. The molecule has 0 fully saturated rings. The van der Waals surface area contributed by atoms with Gasteiger partial charge in [0.15, 0.2) is 5.16 Å². The lowest BCUT2D eigenvalue weighted by Crippen LogP contribution is -2.29. The van der Waals surface area contributed by atoms with Gasteiger partial charge in [0.2, 0.25) is 5.91 Å². The number of carbonyl (C=O) groups is 1. The zero-order valence-electron chi connectivity index (χ0n) is 9.25. The number of carbonyl (C=O) groups excluding carboxylic acids is 1. The Morgan fingerprint density at radius 3 is 3.06 bits per heavy atom. The molecule has 1 aromatic rings. The van der Waals surface area contributed by atoms with Gasteiger partial charge in [-0.3, -0.25) is 4.79 Å². The van der Waals surface area contributed by atoms with Gasteiger partial charge >= 0.3 is 0 Å². The van der Waals surface area contributed by atoms with E-state index in [0.717, 1.165) is 0 Å². The van der Waals surface area contributed by atoms with E-state index in [1.807, 2.05) is 13.1 Å². The van der Waals surface area contributed by atoms with Crippen molar-refractivity contribution in [2.24, 2.45) is 7.05 Å². The predicted octanol–water partition coefficient (Wildman–Crippen LogP) is 0.279. The molecule has 0 aromatic carbocycles. The number of nitriles is 1. The Bertz CT molecular complexity index is 397. The van der Waals surface area contributed by atoms with Crippen LogP contribution in [0, 0.1) is 11.3 Å². The lowest BCUT2D eigenvalue weighted by Gasteiger charge is -2.14. The molecule has 0 aliphatic carbocycles. The van der Waals surface area contributed by atoms with E-state index in [0.29, 0.717) is 23.9 Å². The summed E-state index contributed by atoms with van der Waals surface area (Å²) < 4.78 is 1.76. The van der Waals surface area contributed by atoms with Crippen molar-refractivity contribution in [1.29, 1.82) is 5.26 Å². The fourth-order valence-corrected chi connectivity index (χ4v) is 1.81. The van der Waals surface area contributed by atoms with Gasteiger partial charge in [-0.25, -0.2) is 0 Å². The molecule has 0 spiro atoms. The number of hydrogen-bond donors (Lipinski definition) is 0. The summed E-state index contributed by atoms with van der Waals surface area (Å²) in [6, 6.07) is 2.01. The summed E-state index contributed by atoms with van der Waals surface area (Å²) in [7, 11) is 3.52. The summed E-state index contributed by atoms with van der Waals surface area (Å²) in [5, 5.41) is 16.7. The molecule has 0 radical (unpaired) electrons. The van der Waals surface area contributed by atoms with Crippen molar-refractivity contribution >= 4 is 17.7 Å². The van der Waals surface area contributed by atoms with Crippen LogP contribution in [0.2, 0.25) is 0 Å². The van der Waals surface area contributed by atoms with Gasteiger partial charge in [-0.15, -0.1) is 10.2 Å². The van der Waals surface area contributed by atoms with Crippen molar-refractivity contribution in [3.05, 3.63) is 6.33 Å². The number of hydrogen-bond acceptors (Lipinski definition) is 5. The average Bonchev–Trinajstić information content (AvgIpc) is 2.68. The predicted molar refractivity (Wildman–Crippen MR) is 59.6 cm³/mol. The molecule has 0 atom stereocenters. The molecule has 86 valence electrons. The van der Waals surface area contributed by atoms with Gasteiger partial charge in [-0.05, 0) is 0 Å². The first-order valence-electron chi connectivity index (χ1n) is 4.73. The molecule has 0 aliphatic heterocycles. The van der Waals surface area contributed by atoms with E-state index < -0.39 is 0 Å². The number of nitrogens with zero attached hydrogens (tertiary/aromatic N) is 5. The van der Waals surface area contributed by atoms with Crippen LogP contribution >= 0.6 is 11.8 Å². The molecule has 0 aliphatic rings. The molecule has 6 nitrogen and oxygen atoms in total. The maximum absolute atomic E-state index is 11.6. The summed E-state index contributed by atoms with van der Waals surface area (Å²) in [6.07, 6.45) is 1.95. The number of aromatic nitrogens is 3. The highest BCUT2D eigenvalue weighted by atomic mass is 32.2. The van der Waals surface area contributed by atoms with E-state index >= 15 is 0 Å². The second-order valence-corrected chi connectivity index (χ2v) is 4.18. The highest BCUT2D eigenvalue weighted by Crippen LogP contribution is 2.13. The first-order valence-corrected chi connectivity index (χ1v) is 5.71. The van der Waals surface area contributed by atoms with Crippen LogP contribution in [0.25, 0.3) is 0 Å². The van der Waals surface area contributed by atoms with Crippen LogP contribution in [0.15, 0.2) is 11.5 Å². The maximum Gasteiger partial charge on any atom is 0.232 e. The third kappa shape index (κ3) is 3.55. The van der Waals surface area contributed by atoms with E-state index in [-0.39, 0.29) is 5.91 Å². The van der Waals surface area contributed by atoms with Gasteiger partial charge in [0.1, 0.15) is 6.33 Å². The Kier molecular flexibility index (Phi) is 4.79. The number of thioether (sulfide) groups is 1. The first kappa shape index (κ1) is 12.5. The van der Waals surface area contributed by atoms with Gasteiger partial charge in [0, 0.05) is 20.6 Å². The van der Waals surface area contributed by atoms with Crippen molar-refractivity contribution in [2.75, 3.05) is 19.3 Å². The van der Waals surface area contributed by atoms with Crippen LogP contribution in [0.5, 0.6) is 0 Å². The molecular formula is C9H13N5OS. The molecule has 1 heterocycles. The largest absolute Gasteiger partial charge is 0.344 e. The Morgan fingerprint density at radius 1 is 1.75 bits per heavy atom. The third-order valence-corrected chi connectivity index (χ3v) is 3.00. The second kappa shape index (κ2) is 6.12. The van der Waals surface area contributed by atoms with Crippen LogP contribution in [-0.4, -0.2) is 44.9 Å². The summed E-state index contributed by atoms with van der Waals surface area (Å²) in [4.78, 5) is 13.1. The highest BCUT2D eigenvalue weighted by molar-refractivity contribution is 7.99. The summed E-state index contributed by atoms with van der Waals surface area (Å²) in [5.41, 5.74) is 0. The molecule has 1 aromatic heterocycles. The summed E-state index contributed by atoms with van der Waals surface area (Å²) in [5.74, 6) is 0.303. The number of rotatable bonds is 5. The zero-order valence-corrected chi connectivity index (χ0v) is 10.1. The lowest BCUT2D eigenvalue weighted by molar-refractivity contribution is -0.127. The van der Waals surface area contributed by atoms with Crippen LogP contribution in [0.1, 0.15) is 6.42 Å². The minimum atomic E-state index is -0.0109. The molecule has 16 heavy (non-hydrogen) atoms. The standard InChI is InChI=1S/C9H13N5OS/c1-13(5-3-4-10)8(15)6-16-9-12-11-7-14(9)2/h7H,3,5-6H2,1-2H3. The molecule has 7 heteroatoms. The fourth-order valence-electron chi connectivity index (χ4n) is 0.982. The van der Waals surface area contributed by atoms with Gasteiger partial charge < -0.3 is 9.47 Å². The van der Waals surface area contributed by atoms with Gasteiger partial charge in [-0.2, -0.15) is 5.26 Å². The van der Waals surface area contributed by atoms with E-state index in [4.69, 9.17) is 5.26 Å². The topological polar surface area (TPSA) is 74.8 Å². The maximum atomic E-state index is 11.6. The highest BCUT2D eigenvalue weighted by Gasteiger charge is 2.10. The first-order chi connectivity index (χ1) is 7.65. The SMILES string of the molecule is CN(CCC#N)C(=O)CSc1nncn1C. The van der Waals surface area contributed by atoms with E-state index in [2.05, 4.69) is 10.2 Å². The summed E-state index contributed by atoms with van der Waals surface area (Å²) in [6.45, 7) is 0.467. The van der Waals surface area contributed by atoms with Crippen molar-refractivity contribution in [2.45, 2.75) is 11.6 Å². The quantitative estimate of drug-likeness (QED) is 0.690. The Morgan fingerprint density at radius 2 is 2.50 bits per heavy atom. The summed E-state index contributed by atoms with van der Waals surface area (Å²) >= 11 is 1.34. The average molecular weight is 239 g/mol. The molecule has 0 saturated heterocycles. The number of amides is 1. The smallest absolute Gasteiger partial charge is 0.232 e. The molecular weight excluding hydrogens is 226 g/mol. The van der Waals surface area contributed by atoms with Crippen molar-refractivity contribution in [3.63, 3.8) is 0 Å². The Hall–Kier alpha value is -1.55. The van der Waals surface area contributed by atoms with E-state index in [1.165, 1.54) is 11.8 Å². The van der Waals surface area contributed by atoms with Crippen molar-refractivity contribution in [1.82, 2.24) is 19.7 Å². The minimum absolute atomic E-state index is 0.0109. The molecule has 0 saturated carbocycles. The zero-order chi connectivity index (χ0) is 12.0. The molecule has 0 N–H and O–H groups in total. The van der Waals surface area contributed by atoms with E-state index in [1.54, 1.807) is 22.8 Å².